The van der Waals surface area contributed by atoms with E-state index in [1.807, 2.05) is 0 Å². The molecule has 2 aliphatic rings. The number of anilines is 1. The van der Waals surface area contributed by atoms with Crippen LogP contribution < -0.4 is 16.0 Å². The molecule has 0 aromatic heterocycles. The fourth-order valence-electron chi connectivity index (χ4n) is 4.94. The fraction of sp³-hybridized carbons (Fsp3) is 0.429. The van der Waals surface area contributed by atoms with E-state index in [1.165, 1.54) is 28.8 Å². The number of hydrogen-bond donors (Lipinski definition) is 2. The van der Waals surface area contributed by atoms with Crippen LogP contribution in [0.25, 0.3) is 0 Å². The van der Waals surface area contributed by atoms with Crippen LogP contribution in [0.15, 0.2) is 53.5 Å². The summed E-state index contributed by atoms with van der Waals surface area (Å²) in [4.78, 5) is 45.3. The third-order valence-corrected chi connectivity index (χ3v) is 7.58. The van der Waals surface area contributed by atoms with Gasteiger partial charge in [-0.05, 0) is 31.1 Å². The number of rotatable bonds is 11. The number of halogens is 4. The quantitative estimate of drug-likeness (QED) is 0.380. The summed E-state index contributed by atoms with van der Waals surface area (Å²) in [5.41, 5.74) is 6.65. The van der Waals surface area contributed by atoms with Crippen molar-refractivity contribution < 1.29 is 31.9 Å². The second-order valence-electron chi connectivity index (χ2n) is 10.0. The van der Waals surface area contributed by atoms with Crippen LogP contribution in [0.4, 0.5) is 23.2 Å². The predicted octanol–water partition coefficient (Wildman–Crippen LogP) is 4.63. The molecule has 1 saturated carbocycles. The van der Waals surface area contributed by atoms with Crippen LogP contribution in [0.3, 0.4) is 0 Å². The average Bonchev–Trinajstić information content (AvgIpc) is 3.73. The SMILES string of the molecule is CSCN1C(=O)C(NC(=O)[C@H](CCC(F)(F)F)[C@H](CC2CC2)C(N)=O)N=C(c2ccccc2)c2cccc(F)c21. The van der Waals surface area contributed by atoms with Crippen molar-refractivity contribution in [2.75, 3.05) is 17.0 Å². The first-order valence-electron chi connectivity index (χ1n) is 12.9. The second kappa shape index (κ2) is 12.4. The van der Waals surface area contributed by atoms with E-state index in [9.17, 15) is 27.6 Å². The van der Waals surface area contributed by atoms with Crippen molar-refractivity contribution in [1.82, 2.24) is 5.32 Å². The zero-order valence-corrected chi connectivity index (χ0v) is 22.6. The van der Waals surface area contributed by atoms with Gasteiger partial charge in [0.25, 0.3) is 5.91 Å². The first kappa shape index (κ1) is 29.6. The number of benzodiazepines with no additional fused rings is 1. The Labute approximate surface area is 233 Å². The van der Waals surface area contributed by atoms with Crippen molar-refractivity contribution in [2.45, 2.75) is 44.4 Å². The summed E-state index contributed by atoms with van der Waals surface area (Å²) in [5, 5.41) is 2.49. The first-order valence-corrected chi connectivity index (χ1v) is 14.3. The molecular weight excluding hydrogens is 548 g/mol. The zero-order valence-electron chi connectivity index (χ0n) is 21.8. The molecule has 12 heteroatoms. The van der Waals surface area contributed by atoms with Gasteiger partial charge in [-0.3, -0.25) is 19.3 Å². The highest BCUT2D eigenvalue weighted by molar-refractivity contribution is 7.98. The Bertz CT molecular complexity index is 1280. The smallest absolute Gasteiger partial charge is 0.369 e. The number of benzene rings is 2. The number of alkyl halides is 3. The summed E-state index contributed by atoms with van der Waals surface area (Å²) in [6.45, 7) is 0. The van der Waals surface area contributed by atoms with Crippen molar-refractivity contribution in [2.24, 2.45) is 28.5 Å². The second-order valence-corrected chi connectivity index (χ2v) is 10.9. The lowest BCUT2D eigenvalue weighted by atomic mass is 9.83. The van der Waals surface area contributed by atoms with Gasteiger partial charge in [0.1, 0.15) is 5.82 Å². The third-order valence-electron chi connectivity index (χ3n) is 7.07. The number of amides is 3. The van der Waals surface area contributed by atoms with Crippen LogP contribution in [0, 0.1) is 23.6 Å². The number of fused-ring (bicyclic) bond motifs is 1. The van der Waals surface area contributed by atoms with Gasteiger partial charge < -0.3 is 11.1 Å². The highest BCUT2D eigenvalue weighted by Crippen LogP contribution is 2.39. The average molecular weight is 579 g/mol. The van der Waals surface area contributed by atoms with Gasteiger partial charge in [-0.25, -0.2) is 9.38 Å². The van der Waals surface area contributed by atoms with Crippen molar-refractivity contribution in [3.05, 3.63) is 65.5 Å². The van der Waals surface area contributed by atoms with Crippen LogP contribution >= 0.6 is 11.8 Å². The molecule has 3 N–H and O–H groups in total. The summed E-state index contributed by atoms with van der Waals surface area (Å²) in [6, 6.07) is 13.0. The summed E-state index contributed by atoms with van der Waals surface area (Å²) in [5.74, 6) is -5.64. The first-order chi connectivity index (χ1) is 19.0. The third kappa shape index (κ3) is 7.01. The van der Waals surface area contributed by atoms with Crippen LogP contribution in [0.5, 0.6) is 0 Å². The van der Waals surface area contributed by atoms with Crippen molar-refractivity contribution in [3.63, 3.8) is 0 Å². The Kier molecular flexibility index (Phi) is 9.17. The van der Waals surface area contributed by atoms with E-state index in [2.05, 4.69) is 10.3 Å². The molecular formula is C28H30F4N4O3S. The van der Waals surface area contributed by atoms with E-state index in [1.54, 1.807) is 42.7 Å². The van der Waals surface area contributed by atoms with Crippen LogP contribution in [-0.2, 0) is 14.4 Å². The number of carbonyl (C=O) groups excluding carboxylic acids is 3. The van der Waals surface area contributed by atoms with Gasteiger partial charge in [0.05, 0.1) is 17.3 Å². The molecule has 2 aromatic carbocycles. The van der Waals surface area contributed by atoms with Crippen molar-refractivity contribution in [1.29, 1.82) is 0 Å². The number of aliphatic imine (C=N–C) groups is 1. The summed E-state index contributed by atoms with van der Waals surface area (Å²) >= 11 is 1.24. The molecule has 40 heavy (non-hydrogen) atoms. The number of para-hydroxylation sites is 1. The maximum absolute atomic E-state index is 15.2. The Balaban J connectivity index is 1.75. The molecule has 7 nitrogen and oxygen atoms in total. The van der Waals surface area contributed by atoms with E-state index >= 15 is 4.39 Å². The standard InChI is InChI=1S/C28H30F4N4O3S/c1-40-15-36-23-19(8-5-9-21(23)29)22(17-6-3-2-4-7-17)34-25(27(36)39)35-26(38)18(12-13-28(30,31)32)20(24(33)37)14-16-10-11-16/h2-9,16,18,20,25H,10-15H2,1H3,(H2,33,37)(H,35,38)/t18-,20+,25?/m1/s1. The number of nitrogens with two attached hydrogens (primary N) is 1. The maximum atomic E-state index is 15.2. The molecule has 0 spiro atoms. The van der Waals surface area contributed by atoms with E-state index in [4.69, 9.17) is 5.73 Å². The minimum atomic E-state index is -4.56. The molecule has 3 atom stereocenters. The number of hydrogen-bond acceptors (Lipinski definition) is 5. The summed E-state index contributed by atoms with van der Waals surface area (Å²) in [7, 11) is 0. The number of primary amides is 1. The molecule has 1 fully saturated rings. The lowest BCUT2D eigenvalue weighted by Gasteiger charge is -2.28. The Morgan fingerprint density at radius 2 is 1.82 bits per heavy atom. The van der Waals surface area contributed by atoms with Gasteiger partial charge in [0.2, 0.25) is 18.0 Å². The monoisotopic (exact) mass is 578 g/mol. The molecule has 1 aliphatic heterocycles. The van der Waals surface area contributed by atoms with Crippen molar-refractivity contribution in [3.8, 4) is 0 Å². The van der Waals surface area contributed by atoms with Gasteiger partial charge in [-0.15, -0.1) is 11.8 Å². The lowest BCUT2D eigenvalue weighted by molar-refractivity contribution is -0.146. The Morgan fingerprint density at radius 1 is 1.12 bits per heavy atom. The fourth-order valence-corrected chi connectivity index (χ4v) is 5.45. The van der Waals surface area contributed by atoms with E-state index in [-0.39, 0.29) is 29.6 Å². The Hall–Kier alpha value is -3.41. The van der Waals surface area contributed by atoms with Crippen molar-refractivity contribution >= 4 is 40.9 Å². The molecule has 0 bridgehead atoms. The molecule has 214 valence electrons. The number of carbonyl (C=O) groups is 3. The highest BCUT2D eigenvalue weighted by Gasteiger charge is 2.42. The normalized spacial score (nSPS) is 18.8. The van der Waals surface area contributed by atoms with E-state index < -0.39 is 60.6 Å². The summed E-state index contributed by atoms with van der Waals surface area (Å²) < 4.78 is 54.8. The molecule has 0 radical (unpaired) electrons. The van der Waals surface area contributed by atoms with Gasteiger partial charge >= 0.3 is 6.18 Å². The predicted molar refractivity (Wildman–Crippen MR) is 145 cm³/mol. The van der Waals surface area contributed by atoms with Gasteiger partial charge in [-0.1, -0.05) is 55.3 Å². The minimum Gasteiger partial charge on any atom is -0.369 e. The molecule has 3 amide bonds. The van der Waals surface area contributed by atoms with Crippen LogP contribution in [0.2, 0.25) is 0 Å². The van der Waals surface area contributed by atoms with E-state index in [0.29, 0.717) is 11.1 Å². The molecule has 1 heterocycles. The molecule has 0 saturated heterocycles. The van der Waals surface area contributed by atoms with Gasteiger partial charge in [0.15, 0.2) is 0 Å². The molecule has 1 unspecified atom stereocenters. The highest BCUT2D eigenvalue weighted by atomic mass is 32.2. The number of nitrogens with zero attached hydrogens (tertiary/aromatic N) is 2. The van der Waals surface area contributed by atoms with Crippen LogP contribution in [0.1, 0.15) is 43.2 Å². The minimum absolute atomic E-state index is 0.0152. The van der Waals surface area contributed by atoms with Gasteiger partial charge in [0, 0.05) is 29.4 Å². The number of thioether (sulfide) groups is 1. The molecule has 2 aromatic rings. The Morgan fingerprint density at radius 3 is 2.42 bits per heavy atom. The lowest BCUT2D eigenvalue weighted by Crippen LogP contribution is -2.51. The maximum Gasteiger partial charge on any atom is 0.389 e. The largest absolute Gasteiger partial charge is 0.389 e. The van der Waals surface area contributed by atoms with E-state index in [0.717, 1.165) is 12.8 Å². The number of nitrogens with one attached hydrogen (secondary N) is 1. The molecule has 4 rings (SSSR count). The zero-order chi connectivity index (χ0) is 29.0. The van der Waals surface area contributed by atoms with Crippen LogP contribution in [-0.4, -0.2) is 47.9 Å². The summed E-state index contributed by atoms with van der Waals surface area (Å²) in [6.07, 6.45) is -4.60. The van der Waals surface area contributed by atoms with Gasteiger partial charge in [-0.2, -0.15) is 13.2 Å². The topological polar surface area (TPSA) is 105 Å². The molecule has 1 aliphatic carbocycles.